The number of anilines is 1. The minimum atomic E-state index is -2.26. The minimum Gasteiger partial charge on any atom is -0.325 e. The van der Waals surface area contributed by atoms with Crippen LogP contribution in [0.15, 0.2) is 41.8 Å². The zero-order valence-corrected chi connectivity index (χ0v) is 13.5. The molecule has 132 valence electrons. The van der Waals surface area contributed by atoms with Crippen molar-refractivity contribution in [3.63, 3.8) is 0 Å². The maximum absolute atomic E-state index is 13.6. The normalized spacial score (nSPS) is 10.6. The molecule has 1 amide bonds. The zero-order valence-electron chi connectivity index (χ0n) is 12.7. The Bertz CT molecular complexity index is 796. The van der Waals surface area contributed by atoms with E-state index in [1.54, 1.807) is 30.3 Å². The van der Waals surface area contributed by atoms with Gasteiger partial charge in [0.15, 0.2) is 23.3 Å². The van der Waals surface area contributed by atoms with Gasteiger partial charge in [0.05, 0.1) is 12.1 Å². The van der Waals surface area contributed by atoms with Crippen molar-refractivity contribution in [2.45, 2.75) is 11.3 Å². The van der Waals surface area contributed by atoms with Crippen LogP contribution >= 0.6 is 11.8 Å². The molecule has 0 saturated carbocycles. The molecular weight excluding hydrogens is 361 g/mol. The monoisotopic (exact) mass is 373 g/mol. The molecule has 0 saturated heterocycles. The summed E-state index contributed by atoms with van der Waals surface area (Å²) in [5.74, 6) is -10.8. The fourth-order valence-corrected chi connectivity index (χ4v) is 2.75. The standard InChI is InChI=1S/C17H12F5NOS/c1-2-7-25-11-6-4-3-5-10(11)23-12(24)8-9-13(18)15(20)17(22)16(21)14(9)19/h2-6H,1,7-8H2,(H,23,24). The number of thioether (sulfide) groups is 1. The van der Waals surface area contributed by atoms with Crippen LogP contribution in [-0.2, 0) is 11.2 Å². The predicted octanol–water partition coefficient (Wildman–Crippen LogP) is 4.84. The molecule has 2 nitrogen and oxygen atoms in total. The van der Waals surface area contributed by atoms with Crippen LogP contribution in [0.2, 0.25) is 0 Å². The maximum atomic E-state index is 13.6. The van der Waals surface area contributed by atoms with E-state index in [0.29, 0.717) is 16.3 Å². The number of hydrogen-bond donors (Lipinski definition) is 1. The Balaban J connectivity index is 2.24. The Hall–Kier alpha value is -2.35. The van der Waals surface area contributed by atoms with E-state index in [-0.39, 0.29) is 0 Å². The molecule has 0 atom stereocenters. The number of benzene rings is 2. The van der Waals surface area contributed by atoms with Gasteiger partial charge in [-0.2, -0.15) is 0 Å². The number of carbonyl (C=O) groups is 1. The molecule has 0 aliphatic carbocycles. The molecule has 0 radical (unpaired) electrons. The van der Waals surface area contributed by atoms with Crippen molar-refractivity contribution in [3.8, 4) is 0 Å². The summed E-state index contributed by atoms with van der Waals surface area (Å²) in [4.78, 5) is 12.7. The third kappa shape index (κ3) is 4.19. The minimum absolute atomic E-state index is 0.364. The number of para-hydroxylation sites is 1. The second-order valence-corrected chi connectivity index (χ2v) is 5.93. The Kier molecular flexibility index (Phi) is 6.19. The summed E-state index contributed by atoms with van der Waals surface area (Å²) in [7, 11) is 0. The summed E-state index contributed by atoms with van der Waals surface area (Å²) >= 11 is 1.36. The van der Waals surface area contributed by atoms with Crippen LogP contribution in [0.4, 0.5) is 27.6 Å². The van der Waals surface area contributed by atoms with E-state index in [2.05, 4.69) is 11.9 Å². The van der Waals surface area contributed by atoms with Crippen molar-refractivity contribution >= 4 is 23.4 Å². The lowest BCUT2D eigenvalue weighted by Gasteiger charge is -2.11. The molecule has 2 aromatic carbocycles. The Morgan fingerprint density at radius 1 is 1.00 bits per heavy atom. The maximum Gasteiger partial charge on any atom is 0.229 e. The number of halogens is 5. The van der Waals surface area contributed by atoms with E-state index in [0.717, 1.165) is 0 Å². The fraction of sp³-hybridized carbons (Fsp3) is 0.118. The molecule has 0 spiro atoms. The third-order valence-corrected chi connectivity index (χ3v) is 4.23. The molecule has 1 N–H and O–H groups in total. The first-order valence-corrected chi connectivity index (χ1v) is 7.98. The van der Waals surface area contributed by atoms with Crippen molar-refractivity contribution in [3.05, 3.63) is 71.6 Å². The van der Waals surface area contributed by atoms with Crippen molar-refractivity contribution in [2.24, 2.45) is 0 Å². The molecule has 2 aromatic rings. The number of nitrogens with one attached hydrogen (secondary N) is 1. The highest BCUT2D eigenvalue weighted by molar-refractivity contribution is 7.99. The molecule has 0 aliphatic heterocycles. The van der Waals surface area contributed by atoms with Gasteiger partial charge in [0.1, 0.15) is 0 Å². The number of rotatable bonds is 6. The highest BCUT2D eigenvalue weighted by atomic mass is 32.2. The lowest BCUT2D eigenvalue weighted by Crippen LogP contribution is -2.18. The first-order chi connectivity index (χ1) is 11.9. The van der Waals surface area contributed by atoms with Crippen molar-refractivity contribution in [1.82, 2.24) is 0 Å². The van der Waals surface area contributed by atoms with Gasteiger partial charge >= 0.3 is 0 Å². The second-order valence-electron chi connectivity index (χ2n) is 4.87. The fourth-order valence-electron chi connectivity index (χ4n) is 2.00. The van der Waals surface area contributed by atoms with E-state index in [1.165, 1.54) is 11.8 Å². The van der Waals surface area contributed by atoms with E-state index in [4.69, 9.17) is 0 Å². The first-order valence-electron chi connectivity index (χ1n) is 6.99. The zero-order chi connectivity index (χ0) is 18.6. The molecule has 0 unspecified atom stereocenters. The lowest BCUT2D eigenvalue weighted by molar-refractivity contribution is -0.115. The third-order valence-electron chi connectivity index (χ3n) is 3.16. The topological polar surface area (TPSA) is 29.1 Å². The number of hydrogen-bond acceptors (Lipinski definition) is 2. The molecule has 0 bridgehead atoms. The van der Waals surface area contributed by atoms with E-state index >= 15 is 0 Å². The number of amides is 1. The van der Waals surface area contributed by atoms with Crippen LogP contribution in [0.1, 0.15) is 5.56 Å². The average molecular weight is 373 g/mol. The summed E-state index contributed by atoms with van der Waals surface area (Å²) in [5, 5.41) is 2.41. The van der Waals surface area contributed by atoms with Gasteiger partial charge in [-0.1, -0.05) is 18.2 Å². The Morgan fingerprint density at radius 2 is 1.56 bits per heavy atom. The Morgan fingerprint density at radius 3 is 2.16 bits per heavy atom. The largest absolute Gasteiger partial charge is 0.325 e. The highest BCUT2D eigenvalue weighted by Gasteiger charge is 2.27. The summed E-state index contributed by atoms with van der Waals surface area (Å²) in [6.45, 7) is 3.57. The molecule has 25 heavy (non-hydrogen) atoms. The van der Waals surface area contributed by atoms with E-state index in [9.17, 15) is 26.7 Å². The molecule has 2 rings (SSSR count). The Labute approximate surface area is 144 Å². The summed E-state index contributed by atoms with van der Waals surface area (Å²) < 4.78 is 66.6. The van der Waals surface area contributed by atoms with Gasteiger partial charge in [-0.05, 0) is 12.1 Å². The van der Waals surface area contributed by atoms with Crippen molar-refractivity contribution in [1.29, 1.82) is 0 Å². The quantitative estimate of drug-likeness (QED) is 0.258. The van der Waals surface area contributed by atoms with Gasteiger partial charge in [-0.15, -0.1) is 18.3 Å². The smallest absolute Gasteiger partial charge is 0.229 e. The highest BCUT2D eigenvalue weighted by Crippen LogP contribution is 2.28. The van der Waals surface area contributed by atoms with Gasteiger partial charge < -0.3 is 5.32 Å². The average Bonchev–Trinajstić information content (AvgIpc) is 2.61. The van der Waals surface area contributed by atoms with Crippen LogP contribution in [0.5, 0.6) is 0 Å². The van der Waals surface area contributed by atoms with Gasteiger partial charge in [-0.25, -0.2) is 22.0 Å². The van der Waals surface area contributed by atoms with Gasteiger partial charge in [-0.3, -0.25) is 4.79 Å². The van der Waals surface area contributed by atoms with Crippen molar-refractivity contribution in [2.75, 3.05) is 11.1 Å². The first kappa shape index (κ1) is 19.0. The second kappa shape index (κ2) is 8.15. The van der Waals surface area contributed by atoms with E-state index in [1.807, 2.05) is 0 Å². The van der Waals surface area contributed by atoms with Crippen LogP contribution < -0.4 is 5.32 Å². The van der Waals surface area contributed by atoms with Crippen LogP contribution in [0.3, 0.4) is 0 Å². The predicted molar refractivity (Wildman–Crippen MR) is 85.9 cm³/mol. The number of carbonyl (C=O) groups excluding carboxylic acids is 1. The summed E-state index contributed by atoms with van der Waals surface area (Å²) in [5.41, 5.74) is -0.812. The molecule has 0 aliphatic rings. The molecule has 0 heterocycles. The molecule has 0 aromatic heterocycles. The molecule has 0 fully saturated rings. The van der Waals surface area contributed by atoms with Gasteiger partial charge in [0, 0.05) is 16.2 Å². The molecule has 8 heteroatoms. The van der Waals surface area contributed by atoms with Crippen LogP contribution in [-0.4, -0.2) is 11.7 Å². The SMILES string of the molecule is C=CCSc1ccccc1NC(=O)Cc1c(F)c(F)c(F)c(F)c1F. The summed E-state index contributed by atoms with van der Waals surface area (Å²) in [6, 6.07) is 6.63. The van der Waals surface area contributed by atoms with Crippen molar-refractivity contribution < 1.29 is 26.7 Å². The van der Waals surface area contributed by atoms with Gasteiger partial charge in [0.2, 0.25) is 11.7 Å². The summed E-state index contributed by atoms with van der Waals surface area (Å²) in [6.07, 6.45) is 0.657. The van der Waals surface area contributed by atoms with Crippen LogP contribution in [0, 0.1) is 29.1 Å². The lowest BCUT2D eigenvalue weighted by atomic mass is 10.1. The molecular formula is C17H12F5NOS. The van der Waals surface area contributed by atoms with Crippen LogP contribution in [0.25, 0.3) is 0 Å². The van der Waals surface area contributed by atoms with Gasteiger partial charge in [0.25, 0.3) is 0 Å². The van der Waals surface area contributed by atoms with E-state index < -0.39 is 47.0 Å².